The molecule has 3 aromatic rings. The van der Waals surface area contributed by atoms with Crippen LogP contribution in [0.1, 0.15) is 23.3 Å². The standard InChI is InChI=1S/C19H21N7O2/c1-24-18(27)7-6-16(22-24)19(28)25-9-3-4-14(11-25)12-26-13-17(21-23-26)15-5-2-8-20-10-15/h2,5-8,10,13-14H,3-4,9,11-12H2,1H3/t14-/m1/s1. The predicted octanol–water partition coefficient (Wildman–Crippen LogP) is 0.986. The molecule has 9 nitrogen and oxygen atoms in total. The van der Waals surface area contributed by atoms with Gasteiger partial charge in [0.1, 0.15) is 11.4 Å². The zero-order chi connectivity index (χ0) is 19.5. The third-order valence-electron chi connectivity index (χ3n) is 4.93. The van der Waals surface area contributed by atoms with Gasteiger partial charge in [-0.1, -0.05) is 5.21 Å². The van der Waals surface area contributed by atoms with Crippen LogP contribution in [-0.2, 0) is 13.6 Å². The third-order valence-corrected chi connectivity index (χ3v) is 4.93. The summed E-state index contributed by atoms with van der Waals surface area (Å²) < 4.78 is 3.01. The molecule has 0 bridgehead atoms. The van der Waals surface area contributed by atoms with Crippen molar-refractivity contribution in [2.45, 2.75) is 19.4 Å². The van der Waals surface area contributed by atoms with E-state index in [1.54, 1.807) is 24.3 Å². The molecule has 1 saturated heterocycles. The Morgan fingerprint density at radius 1 is 1.29 bits per heavy atom. The highest BCUT2D eigenvalue weighted by Crippen LogP contribution is 2.21. The van der Waals surface area contributed by atoms with E-state index in [1.165, 1.54) is 16.8 Å². The Morgan fingerprint density at radius 3 is 2.96 bits per heavy atom. The highest BCUT2D eigenvalue weighted by atomic mass is 16.2. The molecule has 3 aromatic heterocycles. The van der Waals surface area contributed by atoms with Crippen molar-refractivity contribution in [2.75, 3.05) is 13.1 Å². The summed E-state index contributed by atoms with van der Waals surface area (Å²) in [5.74, 6) is 0.142. The minimum absolute atomic E-state index is 0.144. The van der Waals surface area contributed by atoms with Crippen molar-refractivity contribution in [2.24, 2.45) is 13.0 Å². The van der Waals surface area contributed by atoms with E-state index in [2.05, 4.69) is 20.4 Å². The maximum absolute atomic E-state index is 12.8. The zero-order valence-electron chi connectivity index (χ0n) is 15.6. The summed E-state index contributed by atoms with van der Waals surface area (Å²) in [4.78, 5) is 30.2. The number of hydrogen-bond donors (Lipinski definition) is 0. The van der Waals surface area contributed by atoms with E-state index in [1.807, 2.05) is 23.0 Å². The monoisotopic (exact) mass is 379 g/mol. The molecular formula is C19H21N7O2. The number of rotatable bonds is 4. The quantitative estimate of drug-likeness (QED) is 0.670. The number of carbonyl (C=O) groups is 1. The second-order valence-electron chi connectivity index (χ2n) is 7.01. The third kappa shape index (κ3) is 3.83. The Morgan fingerprint density at radius 2 is 2.18 bits per heavy atom. The zero-order valence-corrected chi connectivity index (χ0v) is 15.6. The van der Waals surface area contributed by atoms with Gasteiger partial charge in [0.25, 0.3) is 11.5 Å². The van der Waals surface area contributed by atoms with Gasteiger partial charge in [-0.3, -0.25) is 19.3 Å². The first-order chi connectivity index (χ1) is 13.6. The number of piperidine rings is 1. The molecule has 4 heterocycles. The molecule has 4 rings (SSSR count). The Bertz CT molecular complexity index is 1030. The molecule has 0 aliphatic carbocycles. The van der Waals surface area contributed by atoms with Gasteiger partial charge in [-0.05, 0) is 37.0 Å². The van der Waals surface area contributed by atoms with Crippen molar-refractivity contribution in [3.8, 4) is 11.3 Å². The topological polar surface area (TPSA) is 98.8 Å². The van der Waals surface area contributed by atoms with Crippen LogP contribution in [0.4, 0.5) is 0 Å². The molecule has 1 aliphatic heterocycles. The fourth-order valence-electron chi connectivity index (χ4n) is 3.48. The van der Waals surface area contributed by atoms with Crippen molar-refractivity contribution in [1.82, 2.24) is 34.7 Å². The fourth-order valence-corrected chi connectivity index (χ4v) is 3.48. The van der Waals surface area contributed by atoms with Crippen LogP contribution in [-0.4, -0.2) is 53.7 Å². The highest BCUT2D eigenvalue weighted by Gasteiger charge is 2.26. The first-order valence-electron chi connectivity index (χ1n) is 9.24. The number of nitrogens with zero attached hydrogens (tertiary/aromatic N) is 7. The molecule has 0 radical (unpaired) electrons. The van der Waals surface area contributed by atoms with Crippen LogP contribution in [0.25, 0.3) is 11.3 Å². The molecule has 1 amide bonds. The van der Waals surface area contributed by atoms with E-state index in [0.29, 0.717) is 25.3 Å². The van der Waals surface area contributed by atoms with E-state index in [0.717, 1.165) is 24.1 Å². The average Bonchev–Trinajstić information content (AvgIpc) is 3.19. The first kappa shape index (κ1) is 18.0. The molecule has 9 heteroatoms. The lowest BCUT2D eigenvalue weighted by atomic mass is 9.97. The van der Waals surface area contributed by atoms with Gasteiger partial charge < -0.3 is 4.90 Å². The van der Waals surface area contributed by atoms with Gasteiger partial charge in [-0.2, -0.15) is 5.10 Å². The number of aromatic nitrogens is 6. The van der Waals surface area contributed by atoms with E-state index in [4.69, 9.17) is 0 Å². The lowest BCUT2D eigenvalue weighted by Gasteiger charge is -2.32. The van der Waals surface area contributed by atoms with E-state index in [9.17, 15) is 9.59 Å². The van der Waals surface area contributed by atoms with Crippen molar-refractivity contribution in [1.29, 1.82) is 0 Å². The Hall–Kier alpha value is -3.36. The minimum atomic E-state index is -0.233. The van der Waals surface area contributed by atoms with E-state index in [-0.39, 0.29) is 17.4 Å². The summed E-state index contributed by atoms with van der Waals surface area (Å²) >= 11 is 0. The Kier molecular flexibility index (Phi) is 4.96. The first-order valence-corrected chi connectivity index (χ1v) is 9.24. The second-order valence-corrected chi connectivity index (χ2v) is 7.01. The minimum Gasteiger partial charge on any atom is -0.337 e. The number of pyridine rings is 1. The number of aryl methyl sites for hydroxylation is 1. The maximum atomic E-state index is 12.8. The average molecular weight is 379 g/mol. The second kappa shape index (κ2) is 7.71. The molecule has 1 aliphatic rings. The van der Waals surface area contributed by atoms with Crippen molar-refractivity contribution in [3.05, 3.63) is 58.9 Å². The number of hydrogen-bond acceptors (Lipinski definition) is 6. The Labute approximate surface area is 161 Å². The molecule has 0 N–H and O–H groups in total. The summed E-state index contributed by atoms with van der Waals surface area (Å²) in [6.45, 7) is 2.02. The van der Waals surface area contributed by atoms with Crippen LogP contribution in [0.2, 0.25) is 0 Å². The van der Waals surface area contributed by atoms with Gasteiger partial charge in [0.05, 0.1) is 6.20 Å². The summed E-state index contributed by atoms with van der Waals surface area (Å²) in [6, 6.07) is 6.68. The summed E-state index contributed by atoms with van der Waals surface area (Å²) in [5, 5.41) is 12.5. The summed E-state index contributed by atoms with van der Waals surface area (Å²) in [7, 11) is 1.54. The van der Waals surface area contributed by atoms with Crippen LogP contribution in [0.5, 0.6) is 0 Å². The van der Waals surface area contributed by atoms with Crippen LogP contribution in [0.3, 0.4) is 0 Å². The number of amides is 1. The largest absolute Gasteiger partial charge is 0.337 e. The van der Waals surface area contributed by atoms with Crippen molar-refractivity contribution in [3.63, 3.8) is 0 Å². The van der Waals surface area contributed by atoms with Gasteiger partial charge >= 0.3 is 0 Å². The highest BCUT2D eigenvalue weighted by molar-refractivity contribution is 5.92. The molecular weight excluding hydrogens is 358 g/mol. The van der Waals surface area contributed by atoms with Crippen LogP contribution < -0.4 is 5.56 Å². The molecule has 144 valence electrons. The van der Waals surface area contributed by atoms with Crippen molar-refractivity contribution < 1.29 is 4.79 Å². The molecule has 0 saturated carbocycles. The molecule has 1 fully saturated rings. The van der Waals surface area contributed by atoms with Gasteiger partial charge in [0, 0.05) is 50.7 Å². The number of likely N-dealkylation sites (tertiary alicyclic amines) is 1. The predicted molar refractivity (Wildman–Crippen MR) is 101 cm³/mol. The smallest absolute Gasteiger partial charge is 0.274 e. The maximum Gasteiger partial charge on any atom is 0.274 e. The number of carbonyl (C=O) groups excluding carboxylic acids is 1. The molecule has 28 heavy (non-hydrogen) atoms. The SMILES string of the molecule is Cn1nc(C(=O)N2CCC[C@@H](Cn3cc(-c4cccnc4)nn3)C2)ccc1=O. The summed E-state index contributed by atoms with van der Waals surface area (Å²) in [6.07, 6.45) is 7.34. The van der Waals surface area contributed by atoms with Gasteiger partial charge in [-0.15, -0.1) is 5.10 Å². The van der Waals surface area contributed by atoms with Gasteiger partial charge in [0.15, 0.2) is 0 Å². The lowest BCUT2D eigenvalue weighted by Crippen LogP contribution is -2.42. The normalized spacial score (nSPS) is 16.9. The van der Waals surface area contributed by atoms with Crippen LogP contribution in [0, 0.1) is 5.92 Å². The summed E-state index contributed by atoms with van der Waals surface area (Å²) in [5.41, 5.74) is 1.77. The van der Waals surface area contributed by atoms with E-state index < -0.39 is 0 Å². The fraction of sp³-hybridized carbons (Fsp3) is 0.368. The van der Waals surface area contributed by atoms with Gasteiger partial charge in [-0.25, -0.2) is 4.68 Å². The van der Waals surface area contributed by atoms with Crippen LogP contribution >= 0.6 is 0 Å². The molecule has 0 unspecified atom stereocenters. The molecule has 1 atom stereocenters. The molecule has 0 spiro atoms. The molecule has 0 aromatic carbocycles. The lowest BCUT2D eigenvalue weighted by molar-refractivity contribution is 0.0651. The van der Waals surface area contributed by atoms with Crippen molar-refractivity contribution >= 4 is 5.91 Å². The van der Waals surface area contributed by atoms with Gasteiger partial charge in [0.2, 0.25) is 0 Å². The van der Waals surface area contributed by atoms with E-state index >= 15 is 0 Å². The van der Waals surface area contributed by atoms with Crippen LogP contribution in [0.15, 0.2) is 47.7 Å². The Balaban J connectivity index is 1.43.